The highest BCUT2D eigenvalue weighted by Gasteiger charge is 2.18. The normalized spacial score (nSPS) is 15.4. The standard InChI is InChI=1S/C21H23N3O2/c1-21(25,26)17-8-5-15(6-9-17)16-7-10-18-19(13-16)23-20(14-22-18)24-11-3-2-4-12-24/h5-10,13-14,25-26H,2-4,11-12H2,1H3. The van der Waals surface area contributed by atoms with Crippen LogP contribution in [0, 0.1) is 0 Å². The Bertz CT molecular complexity index is 911. The van der Waals surface area contributed by atoms with Crippen molar-refractivity contribution in [2.24, 2.45) is 0 Å². The van der Waals surface area contributed by atoms with Gasteiger partial charge in [0.05, 0.1) is 17.2 Å². The molecule has 2 aromatic carbocycles. The molecule has 26 heavy (non-hydrogen) atoms. The largest absolute Gasteiger partial charge is 0.362 e. The second-order valence-electron chi connectivity index (χ2n) is 7.08. The van der Waals surface area contributed by atoms with Crippen LogP contribution in [0.2, 0.25) is 0 Å². The van der Waals surface area contributed by atoms with Gasteiger partial charge >= 0.3 is 0 Å². The van der Waals surface area contributed by atoms with Gasteiger partial charge in [-0.25, -0.2) is 4.98 Å². The molecule has 0 unspecified atom stereocenters. The van der Waals surface area contributed by atoms with Crippen LogP contribution in [0.25, 0.3) is 22.2 Å². The first-order chi connectivity index (χ1) is 12.5. The van der Waals surface area contributed by atoms with Crippen LogP contribution in [-0.4, -0.2) is 33.3 Å². The second-order valence-corrected chi connectivity index (χ2v) is 7.08. The first-order valence-electron chi connectivity index (χ1n) is 9.08. The van der Waals surface area contributed by atoms with E-state index in [-0.39, 0.29) is 0 Å². The van der Waals surface area contributed by atoms with E-state index in [4.69, 9.17) is 4.98 Å². The van der Waals surface area contributed by atoms with Crippen molar-refractivity contribution >= 4 is 16.9 Å². The van der Waals surface area contributed by atoms with Crippen molar-refractivity contribution in [1.82, 2.24) is 9.97 Å². The van der Waals surface area contributed by atoms with E-state index >= 15 is 0 Å². The van der Waals surface area contributed by atoms with E-state index in [1.165, 1.54) is 26.2 Å². The number of rotatable bonds is 3. The second kappa shape index (κ2) is 6.67. The van der Waals surface area contributed by atoms with Gasteiger partial charge in [0.15, 0.2) is 5.79 Å². The average Bonchev–Trinajstić information content (AvgIpc) is 2.67. The van der Waals surface area contributed by atoms with Crippen molar-refractivity contribution < 1.29 is 10.2 Å². The fourth-order valence-electron chi connectivity index (χ4n) is 3.44. The molecule has 3 aromatic rings. The van der Waals surface area contributed by atoms with Gasteiger partial charge in [0.25, 0.3) is 0 Å². The molecule has 0 saturated carbocycles. The highest BCUT2D eigenvalue weighted by atomic mass is 16.5. The van der Waals surface area contributed by atoms with E-state index in [1.807, 2.05) is 36.5 Å². The van der Waals surface area contributed by atoms with Gasteiger partial charge in [0, 0.05) is 18.7 Å². The molecule has 0 amide bonds. The third-order valence-electron chi connectivity index (χ3n) is 4.97. The zero-order chi connectivity index (χ0) is 18.1. The maximum absolute atomic E-state index is 9.68. The van der Waals surface area contributed by atoms with Crippen LogP contribution in [-0.2, 0) is 5.79 Å². The van der Waals surface area contributed by atoms with Crippen LogP contribution in [0.4, 0.5) is 5.82 Å². The maximum atomic E-state index is 9.68. The van der Waals surface area contributed by atoms with Crippen LogP contribution in [0.5, 0.6) is 0 Å². The van der Waals surface area contributed by atoms with Crippen LogP contribution >= 0.6 is 0 Å². The molecule has 2 heterocycles. The highest BCUT2D eigenvalue weighted by Crippen LogP contribution is 2.27. The van der Waals surface area contributed by atoms with Crippen molar-refractivity contribution in [2.75, 3.05) is 18.0 Å². The van der Waals surface area contributed by atoms with Gasteiger partial charge in [-0.3, -0.25) is 4.98 Å². The Morgan fingerprint density at radius 1 is 0.885 bits per heavy atom. The first kappa shape index (κ1) is 16.9. The van der Waals surface area contributed by atoms with E-state index in [0.29, 0.717) is 5.56 Å². The number of hydrogen-bond donors (Lipinski definition) is 2. The summed E-state index contributed by atoms with van der Waals surface area (Å²) >= 11 is 0. The highest BCUT2D eigenvalue weighted by molar-refractivity contribution is 5.82. The van der Waals surface area contributed by atoms with Gasteiger partial charge in [-0.15, -0.1) is 0 Å². The molecule has 0 spiro atoms. The molecule has 134 valence electrons. The number of anilines is 1. The van der Waals surface area contributed by atoms with E-state index in [9.17, 15) is 10.2 Å². The number of aromatic nitrogens is 2. The van der Waals surface area contributed by atoms with E-state index < -0.39 is 5.79 Å². The predicted octanol–water partition coefficient (Wildman–Crippen LogP) is 3.44. The summed E-state index contributed by atoms with van der Waals surface area (Å²) in [7, 11) is 0. The molecular formula is C21H23N3O2. The van der Waals surface area contributed by atoms with Crippen molar-refractivity contribution in [1.29, 1.82) is 0 Å². The van der Waals surface area contributed by atoms with E-state index in [0.717, 1.165) is 41.1 Å². The lowest BCUT2D eigenvalue weighted by Crippen LogP contribution is -2.30. The van der Waals surface area contributed by atoms with Crippen molar-refractivity contribution in [3.05, 3.63) is 54.2 Å². The smallest absolute Gasteiger partial charge is 0.186 e. The van der Waals surface area contributed by atoms with Gasteiger partial charge in [0.2, 0.25) is 0 Å². The van der Waals surface area contributed by atoms with Crippen LogP contribution in [0.3, 0.4) is 0 Å². The summed E-state index contributed by atoms with van der Waals surface area (Å²) in [5.74, 6) is -0.877. The third kappa shape index (κ3) is 3.41. The summed E-state index contributed by atoms with van der Waals surface area (Å²) < 4.78 is 0. The van der Waals surface area contributed by atoms with Gasteiger partial charge in [-0.2, -0.15) is 0 Å². The van der Waals surface area contributed by atoms with E-state index in [1.54, 1.807) is 12.1 Å². The Labute approximate surface area is 153 Å². The minimum absolute atomic E-state index is 0.467. The lowest BCUT2D eigenvalue weighted by atomic mass is 10.0. The van der Waals surface area contributed by atoms with Crippen molar-refractivity contribution in [3.8, 4) is 11.1 Å². The quantitative estimate of drug-likeness (QED) is 0.709. The molecule has 1 saturated heterocycles. The molecule has 1 aliphatic heterocycles. The van der Waals surface area contributed by atoms with Gasteiger partial charge in [0.1, 0.15) is 5.82 Å². The molecule has 0 aliphatic carbocycles. The zero-order valence-electron chi connectivity index (χ0n) is 14.9. The average molecular weight is 349 g/mol. The number of aliphatic hydroxyl groups is 2. The summed E-state index contributed by atoms with van der Waals surface area (Å²) in [6.07, 6.45) is 5.57. The van der Waals surface area contributed by atoms with Crippen molar-refractivity contribution in [2.45, 2.75) is 32.0 Å². The fraction of sp³-hybridized carbons (Fsp3) is 0.333. The number of piperidine rings is 1. The lowest BCUT2D eigenvalue weighted by molar-refractivity contribution is -0.152. The summed E-state index contributed by atoms with van der Waals surface area (Å²) in [5.41, 5.74) is 4.26. The Balaban J connectivity index is 1.67. The number of benzene rings is 2. The Hall–Kier alpha value is -2.50. The van der Waals surface area contributed by atoms with Crippen LogP contribution in [0.15, 0.2) is 48.7 Å². The number of nitrogens with zero attached hydrogens (tertiary/aromatic N) is 3. The van der Waals surface area contributed by atoms with E-state index in [2.05, 4.69) is 9.88 Å². The molecule has 1 aliphatic rings. The van der Waals surface area contributed by atoms with Gasteiger partial charge in [-0.05, 0) is 49.4 Å². The Kier molecular flexibility index (Phi) is 4.34. The molecule has 0 atom stereocenters. The zero-order valence-corrected chi connectivity index (χ0v) is 14.9. The first-order valence-corrected chi connectivity index (χ1v) is 9.08. The number of fused-ring (bicyclic) bond motifs is 1. The maximum Gasteiger partial charge on any atom is 0.186 e. The molecule has 1 aromatic heterocycles. The Morgan fingerprint density at radius 2 is 1.58 bits per heavy atom. The molecule has 2 N–H and O–H groups in total. The SMILES string of the molecule is CC(O)(O)c1ccc(-c2ccc3ncc(N4CCCCC4)nc3c2)cc1. The fourth-order valence-corrected chi connectivity index (χ4v) is 3.44. The molecule has 4 rings (SSSR count). The molecule has 5 heteroatoms. The predicted molar refractivity (Wildman–Crippen MR) is 103 cm³/mol. The van der Waals surface area contributed by atoms with Gasteiger partial charge in [-0.1, -0.05) is 30.3 Å². The summed E-state index contributed by atoms with van der Waals surface area (Å²) in [4.78, 5) is 11.7. The summed E-state index contributed by atoms with van der Waals surface area (Å²) in [5, 5.41) is 19.4. The molecular weight excluding hydrogens is 326 g/mol. The van der Waals surface area contributed by atoms with Crippen molar-refractivity contribution in [3.63, 3.8) is 0 Å². The minimum atomic E-state index is -1.82. The molecule has 5 nitrogen and oxygen atoms in total. The van der Waals surface area contributed by atoms with Crippen LogP contribution in [0.1, 0.15) is 31.7 Å². The van der Waals surface area contributed by atoms with Gasteiger partial charge < -0.3 is 15.1 Å². The molecule has 0 radical (unpaired) electrons. The Morgan fingerprint density at radius 3 is 2.27 bits per heavy atom. The monoisotopic (exact) mass is 349 g/mol. The summed E-state index contributed by atoms with van der Waals surface area (Å²) in [6, 6.07) is 13.3. The lowest BCUT2D eigenvalue weighted by Gasteiger charge is -2.27. The third-order valence-corrected chi connectivity index (χ3v) is 4.97. The minimum Gasteiger partial charge on any atom is -0.362 e. The summed E-state index contributed by atoms with van der Waals surface area (Å²) in [6.45, 7) is 3.45. The molecule has 1 fully saturated rings. The topological polar surface area (TPSA) is 69.5 Å². The number of hydrogen-bond acceptors (Lipinski definition) is 5. The molecule has 0 bridgehead atoms. The van der Waals surface area contributed by atoms with Crippen LogP contribution < -0.4 is 4.90 Å².